The summed E-state index contributed by atoms with van der Waals surface area (Å²) in [5, 5.41) is 0. The largest absolute Gasteiger partial charge is 0.494 e. The van der Waals surface area contributed by atoms with E-state index in [1.54, 1.807) is 13.0 Å². The molecule has 0 saturated carbocycles. The van der Waals surface area contributed by atoms with Crippen molar-refractivity contribution in [3.05, 3.63) is 35.9 Å². The molecule has 0 fully saturated rings. The Morgan fingerprint density at radius 3 is 2.00 bits per heavy atom. The number of benzene rings is 1. The van der Waals surface area contributed by atoms with Crippen LogP contribution < -0.4 is 4.74 Å². The summed E-state index contributed by atoms with van der Waals surface area (Å²) in [6.45, 7) is 5.23. The van der Waals surface area contributed by atoms with Crippen LogP contribution in [0.4, 0.5) is 0 Å². The summed E-state index contributed by atoms with van der Waals surface area (Å²) in [6.07, 6.45) is 16.5. The third-order valence-electron chi connectivity index (χ3n) is 4.35. The lowest BCUT2D eigenvalue weighted by Crippen LogP contribution is -1.98. The van der Waals surface area contributed by atoms with E-state index in [1.807, 2.05) is 24.3 Å². The van der Waals surface area contributed by atoms with Gasteiger partial charge in [-0.3, -0.25) is 0 Å². The lowest BCUT2D eigenvalue weighted by atomic mass is 10.1. The van der Waals surface area contributed by atoms with Gasteiger partial charge in [-0.25, -0.2) is 4.79 Å². The van der Waals surface area contributed by atoms with E-state index in [1.165, 1.54) is 63.9 Å². The van der Waals surface area contributed by atoms with Gasteiger partial charge in [-0.2, -0.15) is 0 Å². The molecule has 0 aliphatic heterocycles. The zero-order chi connectivity index (χ0) is 18.9. The summed E-state index contributed by atoms with van der Waals surface area (Å²) in [4.78, 5) is 11.3. The van der Waals surface area contributed by atoms with Crippen LogP contribution in [0.1, 0.15) is 83.6 Å². The Kier molecular flexibility index (Phi) is 13.3. The molecule has 0 radical (unpaired) electrons. The van der Waals surface area contributed by atoms with E-state index in [9.17, 15) is 4.79 Å². The highest BCUT2D eigenvalue weighted by molar-refractivity contribution is 5.87. The number of carbonyl (C=O) groups is 1. The van der Waals surface area contributed by atoms with Crippen LogP contribution in [-0.4, -0.2) is 19.2 Å². The van der Waals surface area contributed by atoms with Crippen molar-refractivity contribution in [2.24, 2.45) is 0 Å². The summed E-state index contributed by atoms with van der Waals surface area (Å²) in [5.41, 5.74) is 0.962. The van der Waals surface area contributed by atoms with Crippen molar-refractivity contribution < 1.29 is 14.3 Å². The second-order valence-corrected chi connectivity index (χ2v) is 6.68. The summed E-state index contributed by atoms with van der Waals surface area (Å²) in [5.74, 6) is 0.572. The van der Waals surface area contributed by atoms with Gasteiger partial charge in [-0.05, 0) is 37.1 Å². The Labute approximate surface area is 159 Å². The number of ether oxygens (including phenoxy) is 2. The fraction of sp³-hybridized carbons (Fsp3) is 0.609. The molecular weight excluding hydrogens is 324 g/mol. The molecule has 3 heteroatoms. The standard InChI is InChI=1S/C23H36O3/c1-3-5-6-7-8-9-10-11-12-13-20-26-22-17-14-21(15-18-22)16-19-23(24)25-4-2/h14-19H,3-13,20H2,1-2H3. The van der Waals surface area contributed by atoms with Crippen molar-refractivity contribution in [2.45, 2.75) is 78.1 Å². The Hall–Kier alpha value is -1.77. The van der Waals surface area contributed by atoms with Crippen LogP contribution in [-0.2, 0) is 9.53 Å². The van der Waals surface area contributed by atoms with Gasteiger partial charge in [-0.1, -0.05) is 76.8 Å². The van der Waals surface area contributed by atoms with Crippen molar-refractivity contribution in [3.8, 4) is 5.75 Å². The van der Waals surface area contributed by atoms with Gasteiger partial charge in [-0.15, -0.1) is 0 Å². The van der Waals surface area contributed by atoms with E-state index < -0.39 is 0 Å². The monoisotopic (exact) mass is 360 g/mol. The number of unbranched alkanes of at least 4 members (excludes halogenated alkanes) is 9. The van der Waals surface area contributed by atoms with Gasteiger partial charge in [0.2, 0.25) is 0 Å². The van der Waals surface area contributed by atoms with E-state index in [-0.39, 0.29) is 5.97 Å². The van der Waals surface area contributed by atoms with Crippen LogP contribution in [0.15, 0.2) is 30.3 Å². The van der Waals surface area contributed by atoms with Crippen molar-refractivity contribution >= 4 is 12.0 Å². The lowest BCUT2D eigenvalue weighted by Gasteiger charge is -2.06. The molecule has 0 amide bonds. The molecule has 1 rings (SSSR count). The SMILES string of the molecule is CCCCCCCCCCCCOc1ccc(C=CC(=O)OCC)cc1. The molecule has 1 aromatic rings. The normalized spacial score (nSPS) is 11.0. The number of esters is 1. The molecule has 0 atom stereocenters. The molecular formula is C23H36O3. The Bertz CT molecular complexity index is 491. The van der Waals surface area contributed by atoms with Gasteiger partial charge in [0.15, 0.2) is 0 Å². The van der Waals surface area contributed by atoms with E-state index >= 15 is 0 Å². The summed E-state index contributed by atoms with van der Waals surface area (Å²) < 4.78 is 10.6. The van der Waals surface area contributed by atoms with Gasteiger partial charge < -0.3 is 9.47 Å². The molecule has 0 aliphatic carbocycles. The zero-order valence-electron chi connectivity index (χ0n) is 16.7. The first-order chi connectivity index (χ1) is 12.8. The molecule has 1 aromatic carbocycles. The number of rotatable bonds is 15. The first-order valence-electron chi connectivity index (χ1n) is 10.3. The van der Waals surface area contributed by atoms with E-state index in [0.29, 0.717) is 6.61 Å². The molecule has 0 heterocycles. The fourth-order valence-electron chi connectivity index (χ4n) is 2.81. The molecule has 3 nitrogen and oxygen atoms in total. The van der Waals surface area contributed by atoms with E-state index in [4.69, 9.17) is 9.47 Å². The minimum Gasteiger partial charge on any atom is -0.494 e. The molecule has 0 bridgehead atoms. The molecule has 0 saturated heterocycles. The highest BCUT2D eigenvalue weighted by Gasteiger charge is 1.97. The quantitative estimate of drug-likeness (QED) is 0.202. The van der Waals surface area contributed by atoms with Gasteiger partial charge in [0.1, 0.15) is 5.75 Å². The van der Waals surface area contributed by atoms with Crippen molar-refractivity contribution in [1.82, 2.24) is 0 Å². The van der Waals surface area contributed by atoms with Crippen LogP contribution in [0, 0.1) is 0 Å². The van der Waals surface area contributed by atoms with Crippen molar-refractivity contribution in [2.75, 3.05) is 13.2 Å². The third-order valence-corrected chi connectivity index (χ3v) is 4.35. The predicted octanol–water partition coefficient (Wildman–Crippen LogP) is 6.56. The number of hydrogen-bond acceptors (Lipinski definition) is 3. The van der Waals surface area contributed by atoms with Crippen LogP contribution in [0.5, 0.6) is 5.75 Å². The summed E-state index contributed by atoms with van der Waals surface area (Å²) in [7, 11) is 0. The Balaban J connectivity index is 2.05. The highest BCUT2D eigenvalue weighted by Crippen LogP contribution is 2.15. The second-order valence-electron chi connectivity index (χ2n) is 6.68. The zero-order valence-corrected chi connectivity index (χ0v) is 16.7. The molecule has 0 spiro atoms. The maximum atomic E-state index is 11.3. The van der Waals surface area contributed by atoms with Crippen LogP contribution >= 0.6 is 0 Å². The smallest absolute Gasteiger partial charge is 0.330 e. The Morgan fingerprint density at radius 1 is 0.846 bits per heavy atom. The van der Waals surface area contributed by atoms with Crippen LogP contribution in [0.2, 0.25) is 0 Å². The first kappa shape index (κ1) is 22.3. The van der Waals surface area contributed by atoms with Crippen molar-refractivity contribution in [3.63, 3.8) is 0 Å². The molecule has 0 aromatic heterocycles. The maximum absolute atomic E-state index is 11.3. The lowest BCUT2D eigenvalue weighted by molar-refractivity contribution is -0.137. The molecule has 0 N–H and O–H groups in total. The van der Waals surface area contributed by atoms with E-state index in [2.05, 4.69) is 6.92 Å². The number of carbonyl (C=O) groups excluding carboxylic acids is 1. The topological polar surface area (TPSA) is 35.5 Å². The predicted molar refractivity (Wildman–Crippen MR) is 109 cm³/mol. The van der Waals surface area contributed by atoms with E-state index in [0.717, 1.165) is 24.3 Å². The highest BCUT2D eigenvalue weighted by atomic mass is 16.5. The summed E-state index contributed by atoms with van der Waals surface area (Å²) >= 11 is 0. The minimum absolute atomic E-state index is 0.311. The van der Waals surface area contributed by atoms with Crippen LogP contribution in [0.3, 0.4) is 0 Å². The summed E-state index contributed by atoms with van der Waals surface area (Å²) in [6, 6.07) is 7.79. The van der Waals surface area contributed by atoms with Gasteiger partial charge in [0.25, 0.3) is 0 Å². The molecule has 26 heavy (non-hydrogen) atoms. The average Bonchev–Trinajstić information content (AvgIpc) is 2.65. The van der Waals surface area contributed by atoms with Crippen LogP contribution in [0.25, 0.3) is 6.08 Å². The second kappa shape index (κ2) is 15.5. The molecule has 146 valence electrons. The average molecular weight is 361 g/mol. The van der Waals surface area contributed by atoms with Gasteiger partial charge in [0.05, 0.1) is 13.2 Å². The van der Waals surface area contributed by atoms with Gasteiger partial charge >= 0.3 is 5.97 Å². The molecule has 0 unspecified atom stereocenters. The van der Waals surface area contributed by atoms with Crippen molar-refractivity contribution in [1.29, 1.82) is 0 Å². The van der Waals surface area contributed by atoms with Gasteiger partial charge in [0, 0.05) is 6.08 Å². The molecule has 0 aliphatic rings. The first-order valence-corrected chi connectivity index (χ1v) is 10.3. The minimum atomic E-state index is -0.311. The third kappa shape index (κ3) is 11.7. The number of hydrogen-bond donors (Lipinski definition) is 0. The Morgan fingerprint density at radius 2 is 1.42 bits per heavy atom. The fourth-order valence-corrected chi connectivity index (χ4v) is 2.81. The maximum Gasteiger partial charge on any atom is 0.330 e.